The number of carbonyl (C=O) groups is 2. The number of nitrogens with one attached hydrogen (secondary N) is 3. The Bertz CT molecular complexity index is 947. The molecule has 2 rings (SSSR count). The van der Waals surface area contributed by atoms with E-state index >= 15 is 0 Å². The molecule has 0 aliphatic carbocycles. The number of esters is 1. The minimum Gasteiger partial charge on any atom is -0.462 e. The third kappa shape index (κ3) is 7.36. The van der Waals surface area contributed by atoms with E-state index in [4.69, 9.17) is 25.6 Å². The molecule has 11 nitrogen and oxygen atoms in total. The van der Waals surface area contributed by atoms with Crippen LogP contribution in [-0.4, -0.2) is 59.1 Å². The topological polar surface area (TPSA) is 141 Å². The molecule has 0 saturated carbocycles. The van der Waals surface area contributed by atoms with E-state index < -0.39 is 56.6 Å². The molecule has 0 amide bonds. The summed E-state index contributed by atoms with van der Waals surface area (Å²) in [5.41, 5.74) is -3.73. The number of aromatic amines is 1. The Kier molecular flexibility index (Phi) is 10.1. The lowest BCUT2D eigenvalue weighted by Crippen LogP contribution is -2.44. The summed E-state index contributed by atoms with van der Waals surface area (Å²) in [5.74, 6) is -0.580. The van der Waals surface area contributed by atoms with Gasteiger partial charge in [-0.2, -0.15) is 0 Å². The van der Waals surface area contributed by atoms with Gasteiger partial charge in [-0.05, 0) is 33.6 Å². The van der Waals surface area contributed by atoms with Gasteiger partial charge in [0.15, 0.2) is 14.1 Å². The second-order valence-electron chi connectivity index (χ2n) is 7.55. The first kappa shape index (κ1) is 27.5. The highest BCUT2D eigenvalue weighted by Crippen LogP contribution is 2.42. The Morgan fingerprint density at radius 2 is 2.15 bits per heavy atom. The fourth-order valence-electron chi connectivity index (χ4n) is 2.94. The molecule has 1 aliphatic heterocycles. The van der Waals surface area contributed by atoms with Crippen molar-refractivity contribution in [2.45, 2.75) is 64.0 Å². The summed E-state index contributed by atoms with van der Waals surface area (Å²) in [6, 6.07) is -0.848. The van der Waals surface area contributed by atoms with Crippen molar-refractivity contribution in [1.29, 1.82) is 0 Å². The van der Waals surface area contributed by atoms with Gasteiger partial charge in [0, 0.05) is 6.20 Å². The van der Waals surface area contributed by atoms with Crippen molar-refractivity contribution >= 4 is 32.3 Å². The van der Waals surface area contributed by atoms with Crippen LogP contribution in [0.4, 0.5) is 8.78 Å². The van der Waals surface area contributed by atoms with Crippen LogP contribution in [0.2, 0.25) is 5.02 Å². The summed E-state index contributed by atoms with van der Waals surface area (Å²) in [6.45, 7) is 4.10. The quantitative estimate of drug-likeness (QED) is 0.215. The monoisotopic (exact) mass is 514 g/mol. The van der Waals surface area contributed by atoms with E-state index in [0.717, 1.165) is 10.8 Å². The second kappa shape index (κ2) is 12.1. The van der Waals surface area contributed by atoms with Crippen molar-refractivity contribution in [3.8, 4) is 0 Å². The van der Waals surface area contributed by atoms with E-state index in [0.29, 0.717) is 6.29 Å². The molecular formula is C18H26ClF2N4O7P. The minimum atomic E-state index is -2.98. The summed E-state index contributed by atoms with van der Waals surface area (Å²) < 4.78 is 45.2. The molecule has 3 N–H and O–H groups in total. The molecule has 33 heavy (non-hydrogen) atoms. The molecule has 15 heteroatoms. The van der Waals surface area contributed by atoms with E-state index in [1.165, 1.54) is 6.92 Å². The maximum Gasteiger partial charge on any atom is 0.330 e. The molecule has 1 aromatic rings. The first-order valence-corrected chi connectivity index (χ1v) is 11.7. The number of alkyl halides is 2. The van der Waals surface area contributed by atoms with Gasteiger partial charge in [0.2, 0.25) is 0 Å². The Hall–Kier alpha value is -1.76. The van der Waals surface area contributed by atoms with Crippen molar-refractivity contribution in [2.75, 3.05) is 13.2 Å². The van der Waals surface area contributed by atoms with Crippen molar-refractivity contribution in [1.82, 2.24) is 19.7 Å². The van der Waals surface area contributed by atoms with Crippen molar-refractivity contribution in [3.63, 3.8) is 0 Å². The Morgan fingerprint density at radius 3 is 2.76 bits per heavy atom. The van der Waals surface area contributed by atoms with Crippen LogP contribution in [0.15, 0.2) is 15.8 Å². The number of carbonyl (C=O) groups excluding carboxylic acids is 2. The maximum absolute atomic E-state index is 14.0. The molecule has 2 heterocycles. The maximum atomic E-state index is 14.0. The fourth-order valence-corrected chi connectivity index (χ4v) is 4.40. The van der Waals surface area contributed by atoms with Gasteiger partial charge in [0.05, 0.1) is 19.3 Å². The Morgan fingerprint density at radius 1 is 1.45 bits per heavy atom. The molecule has 0 radical (unpaired) electrons. The molecule has 0 spiro atoms. The third-order valence-electron chi connectivity index (χ3n) is 4.59. The number of nitrogens with zero attached hydrogens (tertiary/aromatic N) is 1. The fraction of sp³-hybridized carbons (Fsp3) is 0.667. The summed E-state index contributed by atoms with van der Waals surface area (Å²) in [4.78, 5) is 48.3. The largest absolute Gasteiger partial charge is 0.462 e. The van der Waals surface area contributed by atoms with E-state index in [9.17, 15) is 28.0 Å². The van der Waals surface area contributed by atoms with Gasteiger partial charge in [-0.1, -0.05) is 11.6 Å². The number of aromatic nitrogens is 2. The Balaban J connectivity index is 2.12. The number of H-pyrrole nitrogens is 1. The highest BCUT2D eigenvalue weighted by molar-refractivity contribution is 7.48. The van der Waals surface area contributed by atoms with E-state index in [2.05, 4.69) is 10.2 Å². The van der Waals surface area contributed by atoms with Gasteiger partial charge >= 0.3 is 11.7 Å². The normalized spacial score (nSPS) is 22.5. The smallest absolute Gasteiger partial charge is 0.330 e. The van der Waals surface area contributed by atoms with Crippen LogP contribution in [0.25, 0.3) is 0 Å². The minimum absolute atomic E-state index is 0.0280. The number of halogens is 3. The number of hydrogen-bond donors (Lipinski definition) is 3. The van der Waals surface area contributed by atoms with E-state index in [1.54, 1.807) is 13.8 Å². The summed E-state index contributed by atoms with van der Waals surface area (Å²) >= 11 is 5.74. The molecule has 1 aliphatic rings. The molecule has 4 atom stereocenters. The first-order chi connectivity index (χ1) is 15.5. The molecule has 0 bridgehead atoms. The van der Waals surface area contributed by atoms with Crippen LogP contribution in [-0.2, 0) is 23.6 Å². The zero-order valence-electron chi connectivity index (χ0n) is 18.2. The lowest BCUT2D eigenvalue weighted by molar-refractivity contribution is -0.165. The first-order valence-electron chi connectivity index (χ1n) is 10.0. The zero-order valence-corrected chi connectivity index (χ0v) is 19.8. The second-order valence-corrected chi connectivity index (χ2v) is 9.38. The molecule has 0 aromatic carbocycles. The highest BCUT2D eigenvalue weighted by atomic mass is 35.5. The van der Waals surface area contributed by atoms with Crippen molar-refractivity contribution < 1.29 is 32.4 Å². The molecule has 1 saturated heterocycles. The van der Waals surface area contributed by atoms with Crippen LogP contribution in [0.1, 0.15) is 39.8 Å². The molecule has 186 valence electrons. The molecular weight excluding hydrogens is 489 g/mol. The lowest BCUT2D eigenvalue weighted by atomic mass is 10.0. The van der Waals surface area contributed by atoms with Gasteiger partial charge in [0.25, 0.3) is 12.0 Å². The summed E-state index contributed by atoms with van der Waals surface area (Å²) in [6.07, 6.45) is -3.01. The van der Waals surface area contributed by atoms with Gasteiger partial charge in [0.1, 0.15) is 23.6 Å². The van der Waals surface area contributed by atoms with Crippen molar-refractivity contribution in [2.24, 2.45) is 0 Å². The van der Waals surface area contributed by atoms with Crippen LogP contribution in [0, 0.1) is 0 Å². The van der Waals surface area contributed by atoms with Crippen LogP contribution >= 0.6 is 20.1 Å². The average Bonchev–Trinajstić information content (AvgIpc) is 3.17. The zero-order chi connectivity index (χ0) is 24.8. The van der Waals surface area contributed by atoms with Gasteiger partial charge in [-0.15, -0.1) is 0 Å². The molecule has 4 unspecified atom stereocenters. The average molecular weight is 515 g/mol. The Labute approximate surface area is 194 Å². The van der Waals surface area contributed by atoms with Crippen molar-refractivity contribution in [3.05, 3.63) is 32.1 Å². The standard InChI is InChI=1S/C18H26ClF2N4O7P/c1-10(2)31-15(28)11(3)24-33(22-6-7-26)30-9-18(16(20)21)5-4-13(32-18)25-8-12(19)14(27)23-17(25)29/h7-8,10-11,13,16,22,24H,4-6,9H2,1-3H3,(H,23,27,29). The van der Waals surface area contributed by atoms with Gasteiger partial charge in [-0.25, -0.2) is 18.7 Å². The predicted molar refractivity (Wildman–Crippen MR) is 115 cm³/mol. The van der Waals surface area contributed by atoms with Crippen LogP contribution in [0.5, 0.6) is 0 Å². The van der Waals surface area contributed by atoms with E-state index in [-0.39, 0.29) is 30.5 Å². The molecule has 1 aromatic heterocycles. The number of aldehydes is 1. The predicted octanol–water partition coefficient (Wildman–Crippen LogP) is 1.46. The number of ether oxygens (including phenoxy) is 2. The number of hydrogen-bond acceptors (Lipinski definition) is 9. The summed E-state index contributed by atoms with van der Waals surface area (Å²) in [5, 5.41) is 5.19. The lowest BCUT2D eigenvalue weighted by Gasteiger charge is -2.31. The third-order valence-corrected chi connectivity index (χ3v) is 6.34. The van der Waals surface area contributed by atoms with Crippen LogP contribution in [0.3, 0.4) is 0 Å². The SMILES string of the molecule is CC(C)OC(=O)C(C)NP(NCC=O)OCC1(C(F)F)CCC(n2cc(Cl)c(=O)[nH]c2=O)O1. The van der Waals surface area contributed by atoms with Gasteiger partial charge in [-0.3, -0.25) is 24.2 Å². The van der Waals surface area contributed by atoms with Crippen LogP contribution < -0.4 is 21.4 Å². The highest BCUT2D eigenvalue weighted by Gasteiger charge is 2.49. The molecule has 1 fully saturated rings. The summed E-state index contributed by atoms with van der Waals surface area (Å²) in [7, 11) is -1.90. The number of rotatable bonds is 12. The van der Waals surface area contributed by atoms with E-state index in [1.807, 2.05) is 4.98 Å². The van der Waals surface area contributed by atoms with Gasteiger partial charge < -0.3 is 18.8 Å².